The third kappa shape index (κ3) is 3.52. The monoisotopic (exact) mass is 518 g/mol. The highest BCUT2D eigenvalue weighted by molar-refractivity contribution is 6.20. The van der Waals surface area contributed by atoms with Crippen molar-refractivity contribution in [3.05, 3.63) is 118 Å². The number of rotatable bonds is 3. The highest BCUT2D eigenvalue weighted by Crippen LogP contribution is 2.58. The molecule has 0 radical (unpaired) electrons. The van der Waals surface area contributed by atoms with Gasteiger partial charge in [-0.05, 0) is 41.7 Å². The maximum Gasteiger partial charge on any atom is 0.248 e. The highest BCUT2D eigenvalue weighted by Gasteiger charge is 2.63. The molecule has 194 valence electrons. The molecule has 6 rings (SSSR count). The number of allylic oxidation sites excluding steroid dienone is 1. The van der Waals surface area contributed by atoms with E-state index in [0.717, 1.165) is 5.56 Å². The van der Waals surface area contributed by atoms with Crippen LogP contribution >= 0.6 is 0 Å². The summed E-state index contributed by atoms with van der Waals surface area (Å²) in [5.74, 6) is -1.05. The molecule has 1 aliphatic carbocycles. The van der Waals surface area contributed by atoms with Crippen molar-refractivity contribution < 1.29 is 14.0 Å². The van der Waals surface area contributed by atoms with E-state index in [-0.39, 0.29) is 41.6 Å². The summed E-state index contributed by atoms with van der Waals surface area (Å²) >= 11 is 0. The maximum absolute atomic E-state index is 14.7. The maximum atomic E-state index is 14.7. The van der Waals surface area contributed by atoms with E-state index >= 15 is 0 Å². The first-order chi connectivity index (χ1) is 18.7. The number of hydrogen-bond acceptors (Lipinski definition) is 5. The number of carbonyl (C=O) groups is 2. The van der Waals surface area contributed by atoms with Crippen LogP contribution in [0.3, 0.4) is 0 Å². The number of nitrogens with zero attached hydrogens (tertiary/aromatic N) is 3. The molecule has 0 saturated heterocycles. The van der Waals surface area contributed by atoms with Crippen LogP contribution in [0.15, 0.2) is 102 Å². The Balaban J connectivity index is 1.67. The molecule has 0 bridgehead atoms. The van der Waals surface area contributed by atoms with Gasteiger partial charge in [-0.1, -0.05) is 68.4 Å². The van der Waals surface area contributed by atoms with Crippen molar-refractivity contribution in [2.75, 3.05) is 9.80 Å². The second kappa shape index (κ2) is 8.67. The van der Waals surface area contributed by atoms with Crippen molar-refractivity contribution in [3.8, 4) is 6.07 Å². The lowest BCUT2D eigenvalue weighted by Gasteiger charge is -2.47. The first-order valence-corrected chi connectivity index (χ1v) is 12.9. The predicted octanol–water partition coefficient (Wildman–Crippen LogP) is 5.47. The van der Waals surface area contributed by atoms with Gasteiger partial charge in [-0.2, -0.15) is 5.26 Å². The normalized spacial score (nSPS) is 21.8. The molecular formula is C32H27FN4O2. The minimum absolute atomic E-state index is 0.0217. The number of ketones is 1. The number of halogens is 1. The summed E-state index contributed by atoms with van der Waals surface area (Å²) in [5, 5.41) is 10.6. The second-order valence-corrected chi connectivity index (χ2v) is 11.1. The smallest absolute Gasteiger partial charge is 0.248 e. The number of nitriles is 1. The van der Waals surface area contributed by atoms with Gasteiger partial charge in [0.25, 0.3) is 0 Å². The van der Waals surface area contributed by atoms with Crippen LogP contribution in [0.5, 0.6) is 0 Å². The quantitative estimate of drug-likeness (QED) is 0.497. The summed E-state index contributed by atoms with van der Waals surface area (Å²) in [7, 11) is 0. The zero-order valence-electron chi connectivity index (χ0n) is 21.7. The van der Waals surface area contributed by atoms with Gasteiger partial charge in [0.1, 0.15) is 23.1 Å². The van der Waals surface area contributed by atoms with E-state index in [1.165, 1.54) is 12.1 Å². The summed E-state index contributed by atoms with van der Waals surface area (Å²) < 4.78 is 14.4. The van der Waals surface area contributed by atoms with E-state index in [2.05, 4.69) is 6.07 Å². The number of anilines is 2. The first kappa shape index (κ1) is 24.6. The summed E-state index contributed by atoms with van der Waals surface area (Å²) in [4.78, 5) is 32.1. The number of para-hydroxylation sites is 1. The van der Waals surface area contributed by atoms with Gasteiger partial charge in [0, 0.05) is 28.9 Å². The van der Waals surface area contributed by atoms with Crippen molar-refractivity contribution in [2.45, 2.75) is 38.6 Å². The molecule has 2 heterocycles. The molecular weight excluding hydrogens is 491 g/mol. The lowest BCUT2D eigenvalue weighted by atomic mass is 9.60. The molecule has 1 atom stereocenters. The SMILES string of the molecule is CC1(C)CC(=O)C2=C(C1)N(c1cccc(F)c1)C(N)=C(C#N)C21C(=O)N(Cc2ccccc2)c2ccccc21. The Morgan fingerprint density at radius 2 is 1.69 bits per heavy atom. The minimum Gasteiger partial charge on any atom is -0.384 e. The van der Waals surface area contributed by atoms with Crippen LogP contribution in [0.2, 0.25) is 0 Å². The lowest BCUT2D eigenvalue weighted by Crippen LogP contribution is -2.53. The van der Waals surface area contributed by atoms with Crippen LogP contribution in [0.25, 0.3) is 0 Å². The number of carbonyl (C=O) groups excluding carboxylic acids is 2. The topological polar surface area (TPSA) is 90.4 Å². The van der Waals surface area contributed by atoms with E-state index in [1.54, 1.807) is 28.0 Å². The second-order valence-electron chi connectivity index (χ2n) is 11.1. The minimum atomic E-state index is -1.68. The molecule has 6 nitrogen and oxygen atoms in total. The molecule has 3 aromatic carbocycles. The molecule has 0 aromatic heterocycles. The molecule has 1 spiro atoms. The third-order valence-corrected chi connectivity index (χ3v) is 7.90. The van der Waals surface area contributed by atoms with Crippen LogP contribution in [0.1, 0.15) is 37.8 Å². The molecule has 39 heavy (non-hydrogen) atoms. The van der Waals surface area contributed by atoms with Gasteiger partial charge in [-0.3, -0.25) is 14.5 Å². The van der Waals surface area contributed by atoms with Crippen LogP contribution in [-0.4, -0.2) is 11.7 Å². The Kier molecular flexibility index (Phi) is 5.47. The van der Waals surface area contributed by atoms with Crippen LogP contribution in [0, 0.1) is 22.6 Å². The van der Waals surface area contributed by atoms with Gasteiger partial charge in [0.15, 0.2) is 5.78 Å². The Bertz CT molecular complexity index is 1650. The van der Waals surface area contributed by atoms with Crippen LogP contribution in [0.4, 0.5) is 15.8 Å². The van der Waals surface area contributed by atoms with E-state index < -0.39 is 16.6 Å². The third-order valence-electron chi connectivity index (χ3n) is 7.90. The Morgan fingerprint density at radius 1 is 0.974 bits per heavy atom. The summed E-state index contributed by atoms with van der Waals surface area (Å²) in [6, 6.07) is 25.0. The van der Waals surface area contributed by atoms with Gasteiger partial charge >= 0.3 is 0 Å². The number of fused-ring (bicyclic) bond motifs is 3. The molecule has 1 unspecified atom stereocenters. The molecule has 2 N–H and O–H groups in total. The van der Waals surface area contributed by atoms with E-state index in [9.17, 15) is 19.2 Å². The number of amides is 1. The molecule has 0 saturated carbocycles. The standard InChI is InChI=1S/C32H27FN4O2/c1-31(2)16-26-28(27(38)17-31)32(24(18-34)29(35)37(26)22-12-8-11-21(33)15-22)23-13-6-7-14-25(23)36(30(32)39)19-20-9-4-3-5-10-20/h3-15H,16-17,19,35H2,1-2H3. The first-order valence-electron chi connectivity index (χ1n) is 12.9. The molecule has 3 aliphatic rings. The number of benzene rings is 3. The fourth-order valence-corrected chi connectivity index (χ4v) is 6.39. The fraction of sp³-hybridized carbons (Fsp3) is 0.219. The number of nitrogens with two attached hydrogens (primary N) is 1. The van der Waals surface area contributed by atoms with Crippen molar-refractivity contribution >= 4 is 23.1 Å². The van der Waals surface area contributed by atoms with Gasteiger partial charge in [-0.25, -0.2) is 4.39 Å². The fourth-order valence-electron chi connectivity index (χ4n) is 6.39. The van der Waals surface area contributed by atoms with Gasteiger partial charge in [0.05, 0.1) is 17.8 Å². The largest absolute Gasteiger partial charge is 0.384 e. The average molecular weight is 519 g/mol. The highest BCUT2D eigenvalue weighted by atomic mass is 19.1. The van der Waals surface area contributed by atoms with E-state index in [1.807, 2.05) is 62.4 Å². The van der Waals surface area contributed by atoms with Crippen molar-refractivity contribution in [3.63, 3.8) is 0 Å². The van der Waals surface area contributed by atoms with Crippen LogP contribution in [-0.2, 0) is 21.5 Å². The van der Waals surface area contributed by atoms with E-state index in [0.29, 0.717) is 29.1 Å². The van der Waals surface area contributed by atoms with Crippen molar-refractivity contribution in [1.29, 1.82) is 5.26 Å². The number of hydrogen-bond donors (Lipinski definition) is 1. The van der Waals surface area contributed by atoms with E-state index in [4.69, 9.17) is 5.73 Å². The molecule has 3 aromatic rings. The van der Waals surface area contributed by atoms with Crippen LogP contribution < -0.4 is 15.5 Å². The summed E-state index contributed by atoms with van der Waals surface area (Å²) in [6.45, 7) is 4.24. The Labute approximate surface area is 226 Å². The predicted molar refractivity (Wildman–Crippen MR) is 147 cm³/mol. The van der Waals surface area contributed by atoms with Gasteiger partial charge in [0.2, 0.25) is 5.91 Å². The zero-order chi connectivity index (χ0) is 27.5. The molecule has 2 aliphatic heterocycles. The molecule has 1 amide bonds. The zero-order valence-corrected chi connectivity index (χ0v) is 21.7. The Morgan fingerprint density at radius 3 is 2.41 bits per heavy atom. The summed E-state index contributed by atoms with van der Waals surface area (Å²) in [5.41, 5.74) is 7.92. The molecule has 7 heteroatoms. The number of Topliss-reactive ketones (excluding diaryl/α,β-unsaturated/α-hetero) is 1. The summed E-state index contributed by atoms with van der Waals surface area (Å²) in [6.07, 6.45) is 0.622. The van der Waals surface area contributed by atoms with Crippen molar-refractivity contribution in [2.24, 2.45) is 11.1 Å². The average Bonchev–Trinajstić information content (AvgIpc) is 3.12. The van der Waals surface area contributed by atoms with Gasteiger partial charge < -0.3 is 10.6 Å². The van der Waals surface area contributed by atoms with Gasteiger partial charge in [-0.15, -0.1) is 0 Å². The lowest BCUT2D eigenvalue weighted by molar-refractivity contribution is -0.125. The Hall–Kier alpha value is -4.70. The molecule has 0 fully saturated rings. The van der Waals surface area contributed by atoms with Crippen molar-refractivity contribution in [1.82, 2.24) is 0 Å².